The second-order valence-corrected chi connectivity index (χ2v) is 5.37. The van der Waals surface area contributed by atoms with E-state index in [2.05, 4.69) is 12.2 Å². The third-order valence-corrected chi connectivity index (χ3v) is 3.73. The number of nitrogens with zero attached hydrogens (tertiary/aromatic N) is 1. The number of nitrogens with one attached hydrogen (secondary N) is 1. The summed E-state index contributed by atoms with van der Waals surface area (Å²) in [5, 5.41) is 2.82. The molecule has 1 N–H and O–H groups in total. The topological polar surface area (TPSA) is 58.6 Å². The summed E-state index contributed by atoms with van der Waals surface area (Å²) in [5.41, 5.74) is 0.887. The first kappa shape index (κ1) is 15.4. The molecule has 0 bridgehead atoms. The number of amides is 2. The summed E-state index contributed by atoms with van der Waals surface area (Å²) < 4.78 is 5.01. The molecule has 0 aliphatic carbocycles. The van der Waals surface area contributed by atoms with E-state index in [0.717, 1.165) is 25.9 Å². The molecule has 1 aliphatic heterocycles. The molecule has 0 aromatic heterocycles. The van der Waals surface area contributed by atoms with Crippen LogP contribution in [0.4, 0.5) is 10.5 Å². The van der Waals surface area contributed by atoms with Gasteiger partial charge in [0.25, 0.3) is 0 Å². The van der Waals surface area contributed by atoms with Crippen LogP contribution in [-0.2, 0) is 4.74 Å². The molecule has 5 nitrogen and oxygen atoms in total. The van der Waals surface area contributed by atoms with Gasteiger partial charge in [0.1, 0.15) is 0 Å². The maximum Gasteiger partial charge on any atom is 0.340 e. The number of hydrogen-bond acceptors (Lipinski definition) is 3. The van der Waals surface area contributed by atoms with Crippen LogP contribution in [-0.4, -0.2) is 36.6 Å². The summed E-state index contributed by atoms with van der Waals surface area (Å²) in [6.45, 7) is 5.79. The van der Waals surface area contributed by atoms with E-state index in [9.17, 15) is 9.59 Å². The molecule has 0 atom stereocenters. The molecule has 0 spiro atoms. The lowest BCUT2D eigenvalue weighted by atomic mass is 10.00. The van der Waals surface area contributed by atoms with Gasteiger partial charge in [-0.3, -0.25) is 0 Å². The van der Waals surface area contributed by atoms with Crippen LogP contribution in [0.25, 0.3) is 0 Å². The molecular weight excluding hydrogens is 268 g/mol. The Labute approximate surface area is 125 Å². The minimum Gasteiger partial charge on any atom is -0.462 e. The van der Waals surface area contributed by atoms with Crippen molar-refractivity contribution in [1.29, 1.82) is 0 Å². The highest BCUT2D eigenvalue weighted by Crippen LogP contribution is 2.20. The van der Waals surface area contributed by atoms with E-state index < -0.39 is 5.97 Å². The maximum absolute atomic E-state index is 12.3. The molecule has 0 radical (unpaired) electrons. The van der Waals surface area contributed by atoms with Crippen LogP contribution in [0.5, 0.6) is 0 Å². The van der Waals surface area contributed by atoms with Gasteiger partial charge in [-0.15, -0.1) is 0 Å². The first-order valence-electron chi connectivity index (χ1n) is 7.44. The largest absolute Gasteiger partial charge is 0.462 e. The highest BCUT2D eigenvalue weighted by molar-refractivity contribution is 6.00. The van der Waals surface area contributed by atoms with Crippen LogP contribution in [0.15, 0.2) is 24.3 Å². The Morgan fingerprint density at radius 1 is 1.29 bits per heavy atom. The Bertz CT molecular complexity index is 508. The zero-order valence-corrected chi connectivity index (χ0v) is 12.6. The monoisotopic (exact) mass is 290 g/mol. The van der Waals surface area contributed by atoms with E-state index in [1.807, 2.05) is 0 Å². The standard InChI is InChI=1S/C16H22N2O3/c1-3-21-15(19)13-6-4-5-7-14(13)17-16(20)18-10-8-12(2)9-11-18/h4-7,12H,3,8-11H2,1-2H3,(H,17,20). The second-order valence-electron chi connectivity index (χ2n) is 5.37. The second kappa shape index (κ2) is 7.11. The van der Waals surface area contributed by atoms with Gasteiger partial charge in [-0.2, -0.15) is 0 Å². The summed E-state index contributed by atoms with van der Waals surface area (Å²) in [4.78, 5) is 25.9. The van der Waals surface area contributed by atoms with E-state index in [-0.39, 0.29) is 6.03 Å². The van der Waals surface area contributed by atoms with Crippen LogP contribution >= 0.6 is 0 Å². The third kappa shape index (κ3) is 3.97. The van der Waals surface area contributed by atoms with Crippen molar-refractivity contribution >= 4 is 17.7 Å². The van der Waals surface area contributed by atoms with Gasteiger partial charge in [0, 0.05) is 13.1 Å². The van der Waals surface area contributed by atoms with E-state index in [1.165, 1.54) is 0 Å². The SMILES string of the molecule is CCOC(=O)c1ccccc1NC(=O)N1CCC(C)CC1. The van der Waals surface area contributed by atoms with E-state index >= 15 is 0 Å². The number of urea groups is 1. The number of rotatable bonds is 3. The lowest BCUT2D eigenvalue weighted by Gasteiger charge is -2.30. The first-order chi connectivity index (χ1) is 10.1. The number of benzene rings is 1. The third-order valence-electron chi connectivity index (χ3n) is 3.73. The molecular formula is C16H22N2O3. The number of piperidine rings is 1. The normalized spacial score (nSPS) is 15.6. The van der Waals surface area contributed by atoms with Gasteiger partial charge in [-0.05, 0) is 37.8 Å². The average molecular weight is 290 g/mol. The van der Waals surface area contributed by atoms with Gasteiger partial charge < -0.3 is 15.0 Å². The molecule has 1 aromatic rings. The quantitative estimate of drug-likeness (QED) is 0.870. The van der Waals surface area contributed by atoms with Gasteiger partial charge in [0.2, 0.25) is 0 Å². The number of carbonyl (C=O) groups is 2. The molecule has 1 heterocycles. The molecule has 1 saturated heterocycles. The van der Waals surface area contributed by atoms with Crippen LogP contribution < -0.4 is 5.32 Å². The highest BCUT2D eigenvalue weighted by Gasteiger charge is 2.21. The summed E-state index contributed by atoms with van der Waals surface area (Å²) in [5.74, 6) is 0.251. The zero-order chi connectivity index (χ0) is 15.2. The van der Waals surface area contributed by atoms with Gasteiger partial charge in [0.15, 0.2) is 0 Å². The van der Waals surface area contributed by atoms with Gasteiger partial charge >= 0.3 is 12.0 Å². The average Bonchev–Trinajstić information content (AvgIpc) is 2.48. The van der Waals surface area contributed by atoms with Crippen molar-refractivity contribution in [3.63, 3.8) is 0 Å². The number of likely N-dealkylation sites (tertiary alicyclic amines) is 1. The molecule has 2 rings (SSSR count). The summed E-state index contributed by atoms with van der Waals surface area (Å²) >= 11 is 0. The predicted molar refractivity (Wildman–Crippen MR) is 81.4 cm³/mol. The van der Waals surface area contributed by atoms with Gasteiger partial charge in [0.05, 0.1) is 17.9 Å². The Hall–Kier alpha value is -2.04. The molecule has 1 fully saturated rings. The fraction of sp³-hybridized carbons (Fsp3) is 0.500. The molecule has 1 aromatic carbocycles. The zero-order valence-electron chi connectivity index (χ0n) is 12.6. The number of anilines is 1. The maximum atomic E-state index is 12.3. The predicted octanol–water partition coefficient (Wildman–Crippen LogP) is 3.13. The number of ether oxygens (including phenoxy) is 1. The number of para-hydroxylation sites is 1. The van der Waals surface area contributed by atoms with E-state index in [0.29, 0.717) is 23.8 Å². The van der Waals surface area contributed by atoms with Crippen LogP contribution in [0.1, 0.15) is 37.0 Å². The highest BCUT2D eigenvalue weighted by atomic mass is 16.5. The fourth-order valence-electron chi connectivity index (χ4n) is 2.38. The lowest BCUT2D eigenvalue weighted by molar-refractivity contribution is 0.0527. The van der Waals surface area contributed by atoms with Crippen LogP contribution in [0, 0.1) is 5.92 Å². The van der Waals surface area contributed by atoms with Gasteiger partial charge in [-0.25, -0.2) is 9.59 Å². The van der Waals surface area contributed by atoms with Crippen LogP contribution in [0.3, 0.4) is 0 Å². The minimum atomic E-state index is -0.416. The summed E-state index contributed by atoms with van der Waals surface area (Å²) in [7, 11) is 0. The molecule has 0 saturated carbocycles. The number of hydrogen-bond donors (Lipinski definition) is 1. The molecule has 2 amide bonds. The van der Waals surface area contributed by atoms with Crippen molar-refractivity contribution in [2.24, 2.45) is 5.92 Å². The van der Waals surface area contributed by atoms with Crippen LogP contribution in [0.2, 0.25) is 0 Å². The van der Waals surface area contributed by atoms with Crippen molar-refractivity contribution in [2.75, 3.05) is 25.0 Å². The smallest absolute Gasteiger partial charge is 0.340 e. The van der Waals surface area contributed by atoms with Crippen molar-refractivity contribution in [3.05, 3.63) is 29.8 Å². The van der Waals surface area contributed by atoms with Crippen molar-refractivity contribution < 1.29 is 14.3 Å². The first-order valence-corrected chi connectivity index (χ1v) is 7.44. The Kier molecular flexibility index (Phi) is 5.20. The fourth-order valence-corrected chi connectivity index (χ4v) is 2.38. The molecule has 21 heavy (non-hydrogen) atoms. The van der Waals surface area contributed by atoms with Crippen molar-refractivity contribution in [1.82, 2.24) is 4.90 Å². The number of carbonyl (C=O) groups excluding carboxylic acids is 2. The molecule has 5 heteroatoms. The Balaban J connectivity index is 2.05. The summed E-state index contributed by atoms with van der Waals surface area (Å²) in [6, 6.07) is 6.77. The molecule has 0 unspecified atom stereocenters. The summed E-state index contributed by atoms with van der Waals surface area (Å²) in [6.07, 6.45) is 2.04. The lowest BCUT2D eigenvalue weighted by Crippen LogP contribution is -2.40. The Morgan fingerprint density at radius 2 is 1.95 bits per heavy atom. The van der Waals surface area contributed by atoms with Gasteiger partial charge in [-0.1, -0.05) is 19.1 Å². The molecule has 1 aliphatic rings. The van der Waals surface area contributed by atoms with E-state index in [4.69, 9.17) is 4.74 Å². The molecule has 114 valence electrons. The van der Waals surface area contributed by atoms with Crippen molar-refractivity contribution in [3.8, 4) is 0 Å². The van der Waals surface area contributed by atoms with E-state index in [1.54, 1.807) is 36.1 Å². The minimum absolute atomic E-state index is 0.154. The van der Waals surface area contributed by atoms with Crippen molar-refractivity contribution in [2.45, 2.75) is 26.7 Å². The Morgan fingerprint density at radius 3 is 2.62 bits per heavy atom. The number of esters is 1.